The van der Waals surface area contributed by atoms with Crippen LogP contribution in [0.4, 0.5) is 0 Å². The van der Waals surface area contributed by atoms with E-state index in [4.69, 9.17) is 0 Å². The molecule has 1 N–H and O–H groups in total. The molecule has 8 nitrogen and oxygen atoms in total. The van der Waals surface area contributed by atoms with Gasteiger partial charge in [-0.15, -0.1) is 11.3 Å². The highest BCUT2D eigenvalue weighted by atomic mass is 32.1. The summed E-state index contributed by atoms with van der Waals surface area (Å²) < 4.78 is 3.21. The number of hydrogen-bond donors (Lipinski definition) is 1. The lowest BCUT2D eigenvalue weighted by Crippen LogP contribution is -2.27. The van der Waals surface area contributed by atoms with E-state index in [1.54, 1.807) is 24.1 Å². The Hall–Kier alpha value is -3.33. The molecule has 0 spiro atoms. The summed E-state index contributed by atoms with van der Waals surface area (Å²) in [5.74, 6) is -0.168. The maximum absolute atomic E-state index is 13.3. The van der Waals surface area contributed by atoms with Crippen molar-refractivity contribution in [3.05, 3.63) is 69.0 Å². The zero-order chi connectivity index (χ0) is 20.5. The van der Waals surface area contributed by atoms with E-state index in [1.807, 2.05) is 37.4 Å². The van der Waals surface area contributed by atoms with Gasteiger partial charge in [0, 0.05) is 37.1 Å². The normalized spacial score (nSPS) is 11.1. The largest absolute Gasteiger partial charge is 0.352 e. The fraction of sp³-hybridized carbons (Fsp3) is 0.250. The van der Waals surface area contributed by atoms with Crippen molar-refractivity contribution in [2.75, 3.05) is 0 Å². The van der Waals surface area contributed by atoms with Crippen molar-refractivity contribution in [1.29, 1.82) is 0 Å². The average molecular weight is 408 g/mol. The number of nitrogens with one attached hydrogen (secondary N) is 1. The second-order valence-electron chi connectivity index (χ2n) is 6.83. The third kappa shape index (κ3) is 3.68. The minimum atomic E-state index is -0.188. The molecule has 4 aromatic heterocycles. The fourth-order valence-corrected chi connectivity index (χ4v) is 4.22. The Balaban J connectivity index is 1.66. The van der Waals surface area contributed by atoms with Gasteiger partial charge in [-0.25, -0.2) is 4.98 Å². The zero-order valence-corrected chi connectivity index (χ0v) is 17.2. The summed E-state index contributed by atoms with van der Waals surface area (Å²) >= 11 is 1.35. The maximum Gasteiger partial charge on any atom is 0.268 e. The lowest BCUT2D eigenvalue weighted by atomic mass is 10.1. The molecule has 0 radical (unpaired) electrons. The Morgan fingerprint density at radius 3 is 2.83 bits per heavy atom. The SMILES string of the molecule is Cc1cc(-c2c(C)nc3scc(CC(=O)NCc4cccnc4)n3c2=O)n(C)n1. The van der Waals surface area contributed by atoms with E-state index in [0.717, 1.165) is 11.3 Å². The summed E-state index contributed by atoms with van der Waals surface area (Å²) in [5, 5.41) is 9.01. The molecular weight excluding hydrogens is 388 g/mol. The van der Waals surface area contributed by atoms with Crippen LogP contribution in [0.15, 0.2) is 40.8 Å². The first kappa shape index (κ1) is 19.0. The second kappa shape index (κ2) is 7.59. The summed E-state index contributed by atoms with van der Waals surface area (Å²) in [6.45, 7) is 4.09. The molecule has 0 aliphatic carbocycles. The molecule has 0 saturated carbocycles. The number of rotatable bonds is 5. The summed E-state index contributed by atoms with van der Waals surface area (Å²) in [6, 6.07) is 5.58. The van der Waals surface area contributed by atoms with Gasteiger partial charge in [0.2, 0.25) is 5.91 Å². The van der Waals surface area contributed by atoms with E-state index in [2.05, 4.69) is 20.4 Å². The molecule has 0 unspecified atom stereocenters. The fourth-order valence-electron chi connectivity index (χ4n) is 3.30. The highest BCUT2D eigenvalue weighted by Crippen LogP contribution is 2.22. The topological polar surface area (TPSA) is 94.2 Å². The van der Waals surface area contributed by atoms with Crippen molar-refractivity contribution in [3.8, 4) is 11.3 Å². The third-order valence-corrected chi connectivity index (χ3v) is 5.51. The van der Waals surface area contributed by atoms with E-state index in [0.29, 0.717) is 34.2 Å². The summed E-state index contributed by atoms with van der Waals surface area (Å²) in [4.78, 5) is 34.9. The van der Waals surface area contributed by atoms with Crippen LogP contribution >= 0.6 is 11.3 Å². The molecule has 1 amide bonds. The molecule has 0 aliphatic heterocycles. The van der Waals surface area contributed by atoms with Gasteiger partial charge < -0.3 is 5.32 Å². The number of pyridine rings is 1. The van der Waals surface area contributed by atoms with Crippen molar-refractivity contribution < 1.29 is 4.79 Å². The first-order valence-electron chi connectivity index (χ1n) is 9.10. The minimum Gasteiger partial charge on any atom is -0.352 e. The van der Waals surface area contributed by atoms with Crippen molar-refractivity contribution in [3.63, 3.8) is 0 Å². The monoisotopic (exact) mass is 408 g/mol. The van der Waals surface area contributed by atoms with Crippen LogP contribution in [0.5, 0.6) is 0 Å². The Bertz CT molecular complexity index is 1260. The number of nitrogens with zero attached hydrogens (tertiary/aromatic N) is 5. The van der Waals surface area contributed by atoms with E-state index in [-0.39, 0.29) is 17.9 Å². The van der Waals surface area contributed by atoms with Gasteiger partial charge in [0.15, 0.2) is 4.96 Å². The molecule has 0 atom stereocenters. The number of hydrogen-bond acceptors (Lipinski definition) is 6. The molecule has 9 heteroatoms. The van der Waals surface area contributed by atoms with Crippen molar-refractivity contribution in [2.45, 2.75) is 26.8 Å². The summed E-state index contributed by atoms with van der Waals surface area (Å²) in [6.07, 6.45) is 3.49. The van der Waals surface area contributed by atoms with Crippen LogP contribution in [0.25, 0.3) is 16.2 Å². The highest BCUT2D eigenvalue weighted by molar-refractivity contribution is 7.15. The number of fused-ring (bicyclic) bond motifs is 1. The molecule has 4 heterocycles. The molecule has 0 aliphatic rings. The molecule has 0 bridgehead atoms. The molecule has 4 aromatic rings. The van der Waals surface area contributed by atoms with Gasteiger partial charge in [0.1, 0.15) is 0 Å². The Morgan fingerprint density at radius 2 is 2.14 bits per heavy atom. The second-order valence-corrected chi connectivity index (χ2v) is 7.67. The van der Waals surface area contributed by atoms with Crippen LogP contribution in [0.3, 0.4) is 0 Å². The zero-order valence-electron chi connectivity index (χ0n) is 16.3. The van der Waals surface area contributed by atoms with Gasteiger partial charge in [-0.2, -0.15) is 5.10 Å². The molecule has 29 heavy (non-hydrogen) atoms. The number of aromatic nitrogens is 5. The predicted molar refractivity (Wildman–Crippen MR) is 111 cm³/mol. The highest BCUT2D eigenvalue weighted by Gasteiger charge is 2.19. The van der Waals surface area contributed by atoms with Crippen LogP contribution in [0, 0.1) is 13.8 Å². The molecular formula is C20H20N6O2S. The molecule has 0 fully saturated rings. The number of thiazole rings is 1. The van der Waals surface area contributed by atoms with Crippen LogP contribution < -0.4 is 10.9 Å². The third-order valence-electron chi connectivity index (χ3n) is 4.63. The summed E-state index contributed by atoms with van der Waals surface area (Å²) in [7, 11) is 1.80. The van der Waals surface area contributed by atoms with Crippen LogP contribution in [-0.2, 0) is 24.8 Å². The predicted octanol–water partition coefficient (Wildman–Crippen LogP) is 2.03. The quantitative estimate of drug-likeness (QED) is 0.545. The number of aryl methyl sites for hydroxylation is 3. The lowest BCUT2D eigenvalue weighted by Gasteiger charge is -2.08. The first-order valence-corrected chi connectivity index (χ1v) is 9.98. The van der Waals surface area contributed by atoms with Crippen LogP contribution in [-0.4, -0.2) is 30.1 Å². The van der Waals surface area contributed by atoms with E-state index >= 15 is 0 Å². The van der Waals surface area contributed by atoms with Gasteiger partial charge in [-0.1, -0.05) is 6.07 Å². The van der Waals surface area contributed by atoms with Crippen LogP contribution in [0.2, 0.25) is 0 Å². The smallest absolute Gasteiger partial charge is 0.268 e. The standard InChI is InChI=1S/C20H20N6O2S/c1-12-7-16(25(3)24-12)18-13(2)23-20-26(19(18)28)15(11-29-20)8-17(27)22-10-14-5-4-6-21-9-14/h4-7,9,11H,8,10H2,1-3H3,(H,22,27). The van der Waals surface area contributed by atoms with Crippen molar-refractivity contribution in [2.24, 2.45) is 7.05 Å². The van der Waals surface area contributed by atoms with Gasteiger partial charge in [0.05, 0.1) is 29.1 Å². The summed E-state index contributed by atoms with van der Waals surface area (Å²) in [5.41, 5.74) is 4.03. The Kier molecular flexibility index (Phi) is 4.98. The van der Waals surface area contributed by atoms with Crippen LogP contribution in [0.1, 0.15) is 22.6 Å². The molecule has 148 valence electrons. The molecule has 0 saturated heterocycles. The van der Waals surface area contributed by atoms with Crippen molar-refractivity contribution >= 4 is 22.2 Å². The Morgan fingerprint density at radius 1 is 1.31 bits per heavy atom. The van der Waals surface area contributed by atoms with E-state index in [1.165, 1.54) is 15.7 Å². The van der Waals surface area contributed by atoms with Gasteiger partial charge in [0.25, 0.3) is 5.56 Å². The maximum atomic E-state index is 13.3. The molecule has 4 rings (SSSR count). The van der Waals surface area contributed by atoms with E-state index in [9.17, 15) is 9.59 Å². The average Bonchev–Trinajstić information content (AvgIpc) is 3.23. The minimum absolute atomic E-state index is 0.0920. The number of carbonyl (C=O) groups is 1. The molecule has 0 aromatic carbocycles. The van der Waals surface area contributed by atoms with Gasteiger partial charge in [-0.3, -0.25) is 23.7 Å². The lowest BCUT2D eigenvalue weighted by molar-refractivity contribution is -0.120. The number of amides is 1. The van der Waals surface area contributed by atoms with E-state index < -0.39 is 0 Å². The van der Waals surface area contributed by atoms with Crippen molar-refractivity contribution in [1.82, 2.24) is 29.5 Å². The van der Waals surface area contributed by atoms with Gasteiger partial charge >= 0.3 is 0 Å². The Labute approximate surface area is 170 Å². The number of carbonyl (C=O) groups excluding carboxylic acids is 1. The van der Waals surface area contributed by atoms with Gasteiger partial charge in [-0.05, 0) is 31.5 Å². The first-order chi connectivity index (χ1) is 13.9.